The number of carbonyl (C=O) groups excluding carboxylic acids is 5. The van der Waals surface area contributed by atoms with Crippen LogP contribution in [0.3, 0.4) is 0 Å². The number of nitrogens with zero attached hydrogens (tertiary/aromatic N) is 2. The Morgan fingerprint density at radius 2 is 1.80 bits per heavy atom. The number of hydrogen-bond donors (Lipinski definition) is 2. The van der Waals surface area contributed by atoms with Crippen LogP contribution in [0.5, 0.6) is 0 Å². The Morgan fingerprint density at radius 1 is 1.06 bits per heavy atom. The van der Waals surface area contributed by atoms with Gasteiger partial charge in [-0.15, -0.1) is 0 Å². The summed E-state index contributed by atoms with van der Waals surface area (Å²) < 4.78 is 0. The Hall–Kier alpha value is -3.07. The monoisotopic (exact) mass is 482 g/mol. The third kappa shape index (κ3) is 5.29. The summed E-state index contributed by atoms with van der Waals surface area (Å²) in [5.74, 6) is -1.73. The van der Waals surface area contributed by atoms with Gasteiger partial charge >= 0.3 is 0 Å². The molecule has 0 aromatic heterocycles. The van der Waals surface area contributed by atoms with Crippen LogP contribution in [0.15, 0.2) is 18.2 Å². The van der Waals surface area contributed by atoms with E-state index in [0.29, 0.717) is 36.7 Å². The SMILES string of the molecule is CC(C)NCCCCC(=O)N1CCC(c2cccc3c2C(=O)N(C2CCC(=O)NC2=O)C3=O)CC1. The van der Waals surface area contributed by atoms with Gasteiger partial charge in [0.1, 0.15) is 6.04 Å². The van der Waals surface area contributed by atoms with Crippen molar-refractivity contribution in [2.45, 2.75) is 76.8 Å². The van der Waals surface area contributed by atoms with Crippen LogP contribution in [0.25, 0.3) is 0 Å². The van der Waals surface area contributed by atoms with E-state index in [1.807, 2.05) is 11.0 Å². The normalized spacial score (nSPS) is 21.1. The molecule has 35 heavy (non-hydrogen) atoms. The molecule has 188 valence electrons. The molecule has 2 fully saturated rings. The molecular weight excluding hydrogens is 448 g/mol. The minimum absolute atomic E-state index is 0.0581. The lowest BCUT2D eigenvalue weighted by molar-refractivity contribution is -0.136. The first-order chi connectivity index (χ1) is 16.8. The maximum absolute atomic E-state index is 13.4. The summed E-state index contributed by atoms with van der Waals surface area (Å²) in [4.78, 5) is 65.8. The molecule has 9 heteroatoms. The van der Waals surface area contributed by atoms with Crippen molar-refractivity contribution in [1.29, 1.82) is 0 Å². The van der Waals surface area contributed by atoms with Crippen molar-refractivity contribution in [3.63, 3.8) is 0 Å². The highest BCUT2D eigenvalue weighted by Gasteiger charge is 2.46. The molecule has 0 saturated carbocycles. The molecule has 3 aliphatic rings. The molecule has 4 rings (SSSR count). The number of piperidine rings is 2. The number of hydrogen-bond acceptors (Lipinski definition) is 6. The fourth-order valence-electron chi connectivity index (χ4n) is 5.27. The topological polar surface area (TPSA) is 116 Å². The Morgan fingerprint density at radius 3 is 2.49 bits per heavy atom. The van der Waals surface area contributed by atoms with E-state index in [9.17, 15) is 24.0 Å². The van der Waals surface area contributed by atoms with Gasteiger partial charge in [-0.3, -0.25) is 34.2 Å². The summed E-state index contributed by atoms with van der Waals surface area (Å²) in [6.45, 7) is 6.36. The number of unbranched alkanes of at least 4 members (excludes halogenated alkanes) is 1. The molecule has 1 aromatic rings. The molecule has 2 saturated heterocycles. The highest BCUT2D eigenvalue weighted by Crippen LogP contribution is 2.37. The van der Waals surface area contributed by atoms with Crippen LogP contribution in [0, 0.1) is 0 Å². The third-order valence-corrected chi connectivity index (χ3v) is 7.16. The van der Waals surface area contributed by atoms with E-state index >= 15 is 0 Å². The van der Waals surface area contributed by atoms with Gasteiger partial charge in [0.2, 0.25) is 17.7 Å². The second-order valence-corrected chi connectivity index (χ2v) is 9.94. The molecule has 3 heterocycles. The summed E-state index contributed by atoms with van der Waals surface area (Å²) in [7, 11) is 0. The predicted octanol–water partition coefficient (Wildman–Crippen LogP) is 1.96. The van der Waals surface area contributed by atoms with E-state index in [4.69, 9.17) is 0 Å². The zero-order chi connectivity index (χ0) is 25.1. The zero-order valence-corrected chi connectivity index (χ0v) is 20.5. The molecule has 1 unspecified atom stereocenters. The first-order valence-corrected chi connectivity index (χ1v) is 12.6. The summed E-state index contributed by atoms with van der Waals surface area (Å²) in [5.41, 5.74) is 1.48. The molecule has 0 aliphatic carbocycles. The van der Waals surface area contributed by atoms with Gasteiger partial charge in [-0.2, -0.15) is 0 Å². The maximum atomic E-state index is 13.4. The lowest BCUT2D eigenvalue weighted by atomic mass is 9.85. The van der Waals surface area contributed by atoms with Crippen LogP contribution in [0.1, 0.15) is 91.0 Å². The van der Waals surface area contributed by atoms with Crippen LogP contribution in [-0.4, -0.2) is 71.1 Å². The molecule has 1 aromatic carbocycles. The molecule has 1 atom stereocenters. The van der Waals surface area contributed by atoms with Crippen LogP contribution < -0.4 is 10.6 Å². The molecule has 2 N–H and O–H groups in total. The van der Waals surface area contributed by atoms with Gasteiger partial charge < -0.3 is 10.2 Å². The average Bonchev–Trinajstić information content (AvgIpc) is 3.09. The molecule has 0 radical (unpaired) electrons. The van der Waals surface area contributed by atoms with E-state index in [1.54, 1.807) is 12.1 Å². The first kappa shape index (κ1) is 25.0. The van der Waals surface area contributed by atoms with Gasteiger partial charge in [-0.25, -0.2) is 0 Å². The molecule has 3 aliphatic heterocycles. The van der Waals surface area contributed by atoms with Crippen molar-refractivity contribution >= 4 is 29.5 Å². The predicted molar refractivity (Wildman–Crippen MR) is 129 cm³/mol. The highest BCUT2D eigenvalue weighted by atomic mass is 16.2. The lowest BCUT2D eigenvalue weighted by Crippen LogP contribution is -2.54. The van der Waals surface area contributed by atoms with Gasteiger partial charge in [-0.1, -0.05) is 26.0 Å². The number of rotatable bonds is 8. The van der Waals surface area contributed by atoms with Gasteiger partial charge in [-0.05, 0) is 56.2 Å². The zero-order valence-electron chi connectivity index (χ0n) is 20.5. The Balaban J connectivity index is 1.38. The van der Waals surface area contributed by atoms with Crippen LogP contribution in [0.4, 0.5) is 0 Å². The fourth-order valence-corrected chi connectivity index (χ4v) is 5.27. The number of benzene rings is 1. The molecule has 0 bridgehead atoms. The number of carbonyl (C=O) groups is 5. The second kappa shape index (κ2) is 10.7. The largest absolute Gasteiger partial charge is 0.343 e. The smallest absolute Gasteiger partial charge is 0.262 e. The third-order valence-electron chi connectivity index (χ3n) is 7.16. The second-order valence-electron chi connectivity index (χ2n) is 9.94. The fraction of sp³-hybridized carbons (Fsp3) is 0.577. The summed E-state index contributed by atoms with van der Waals surface area (Å²) in [6.07, 6.45) is 4.04. The summed E-state index contributed by atoms with van der Waals surface area (Å²) >= 11 is 0. The van der Waals surface area contributed by atoms with E-state index in [1.165, 1.54) is 0 Å². The van der Waals surface area contributed by atoms with E-state index in [2.05, 4.69) is 24.5 Å². The van der Waals surface area contributed by atoms with Gasteiger partial charge in [0, 0.05) is 32.0 Å². The van der Waals surface area contributed by atoms with Gasteiger partial charge in [0.25, 0.3) is 11.8 Å². The minimum Gasteiger partial charge on any atom is -0.343 e. The summed E-state index contributed by atoms with van der Waals surface area (Å²) in [5, 5.41) is 5.59. The molecule has 0 spiro atoms. The van der Waals surface area contributed by atoms with Crippen LogP contribution >= 0.6 is 0 Å². The standard InChI is InChI=1S/C26H34N4O5/c1-16(2)27-13-4-3-8-22(32)29-14-11-17(12-15-29)18-6-5-7-19-23(18)26(35)30(25(19)34)20-9-10-21(31)28-24(20)33/h5-7,16-17,20,27H,3-4,8-15H2,1-2H3,(H,28,31,33). The minimum atomic E-state index is -0.969. The van der Waals surface area contributed by atoms with Crippen molar-refractivity contribution in [3.8, 4) is 0 Å². The Bertz CT molecular complexity index is 1030. The number of nitrogens with one attached hydrogen (secondary N) is 2. The van der Waals surface area contributed by atoms with Crippen molar-refractivity contribution in [2.75, 3.05) is 19.6 Å². The van der Waals surface area contributed by atoms with Crippen molar-refractivity contribution < 1.29 is 24.0 Å². The highest BCUT2D eigenvalue weighted by molar-refractivity contribution is 6.24. The lowest BCUT2D eigenvalue weighted by Gasteiger charge is -2.33. The van der Waals surface area contributed by atoms with Crippen molar-refractivity contribution in [1.82, 2.24) is 20.4 Å². The molecule has 9 nitrogen and oxygen atoms in total. The maximum Gasteiger partial charge on any atom is 0.262 e. The van der Waals surface area contributed by atoms with Crippen LogP contribution in [0.2, 0.25) is 0 Å². The quantitative estimate of drug-likeness (QED) is 0.432. The average molecular weight is 483 g/mol. The van der Waals surface area contributed by atoms with Crippen molar-refractivity contribution in [2.24, 2.45) is 0 Å². The molecular formula is C26H34N4O5. The van der Waals surface area contributed by atoms with Gasteiger partial charge in [0.05, 0.1) is 11.1 Å². The molecule has 5 amide bonds. The Kier molecular flexibility index (Phi) is 7.64. The van der Waals surface area contributed by atoms with Crippen molar-refractivity contribution in [3.05, 3.63) is 34.9 Å². The number of amides is 5. The van der Waals surface area contributed by atoms with Crippen LogP contribution in [-0.2, 0) is 14.4 Å². The van der Waals surface area contributed by atoms with E-state index in [-0.39, 0.29) is 24.7 Å². The van der Waals surface area contributed by atoms with E-state index in [0.717, 1.165) is 42.7 Å². The summed E-state index contributed by atoms with van der Waals surface area (Å²) in [6, 6.07) is 4.75. The first-order valence-electron chi connectivity index (χ1n) is 12.6. The Labute approximate surface area is 205 Å². The number of fused-ring (bicyclic) bond motifs is 1. The number of imide groups is 2. The van der Waals surface area contributed by atoms with Gasteiger partial charge in [0.15, 0.2) is 0 Å². The van der Waals surface area contributed by atoms with E-state index < -0.39 is 29.7 Å². The number of likely N-dealkylation sites (tertiary alicyclic amines) is 1.